The Bertz CT molecular complexity index is 958. The summed E-state index contributed by atoms with van der Waals surface area (Å²) in [7, 11) is 0. The van der Waals surface area contributed by atoms with E-state index >= 15 is 0 Å². The van der Waals surface area contributed by atoms with Crippen molar-refractivity contribution in [3.63, 3.8) is 0 Å². The molecule has 1 amide bonds. The molecule has 8 nitrogen and oxygen atoms in total. The Kier molecular flexibility index (Phi) is 7.02. The SMILES string of the molecule is CCCn1nnnc1NCc1cc(Cl)ccc1OCC(=O)Nc1ccc(C)cc1. The number of carbonyl (C=O) groups excluding carboxylic acids is 1. The molecular weight excluding hydrogens is 392 g/mol. The molecule has 1 aromatic heterocycles. The number of benzene rings is 2. The summed E-state index contributed by atoms with van der Waals surface area (Å²) in [5.41, 5.74) is 2.65. The van der Waals surface area contributed by atoms with Gasteiger partial charge in [-0.1, -0.05) is 41.3 Å². The lowest BCUT2D eigenvalue weighted by molar-refractivity contribution is -0.118. The second-order valence-corrected chi connectivity index (χ2v) is 6.97. The lowest BCUT2D eigenvalue weighted by Gasteiger charge is -2.13. The van der Waals surface area contributed by atoms with E-state index in [1.54, 1.807) is 22.9 Å². The first kappa shape index (κ1) is 20.6. The predicted molar refractivity (Wildman–Crippen MR) is 112 cm³/mol. The Morgan fingerprint density at radius 1 is 1.21 bits per heavy atom. The van der Waals surface area contributed by atoms with Crippen molar-refractivity contribution in [3.8, 4) is 5.75 Å². The number of nitrogens with zero attached hydrogens (tertiary/aromatic N) is 4. The summed E-state index contributed by atoms with van der Waals surface area (Å²) in [6.07, 6.45) is 0.918. The van der Waals surface area contributed by atoms with Gasteiger partial charge < -0.3 is 15.4 Å². The van der Waals surface area contributed by atoms with E-state index in [2.05, 4.69) is 33.1 Å². The lowest BCUT2D eigenvalue weighted by Crippen LogP contribution is -2.20. The van der Waals surface area contributed by atoms with Crippen LogP contribution >= 0.6 is 11.6 Å². The second kappa shape index (κ2) is 9.88. The zero-order valence-electron chi connectivity index (χ0n) is 16.4. The summed E-state index contributed by atoms with van der Waals surface area (Å²) in [6, 6.07) is 12.8. The van der Waals surface area contributed by atoms with Gasteiger partial charge in [-0.15, -0.1) is 0 Å². The van der Waals surface area contributed by atoms with Gasteiger partial charge in [-0.2, -0.15) is 0 Å². The number of aromatic nitrogens is 4. The molecule has 0 radical (unpaired) electrons. The highest BCUT2D eigenvalue weighted by Crippen LogP contribution is 2.24. The number of ether oxygens (including phenoxy) is 1. The van der Waals surface area contributed by atoms with Crippen molar-refractivity contribution in [2.45, 2.75) is 33.4 Å². The van der Waals surface area contributed by atoms with Crippen LogP contribution in [0.2, 0.25) is 5.02 Å². The van der Waals surface area contributed by atoms with E-state index in [0.29, 0.717) is 29.8 Å². The first-order valence-corrected chi connectivity index (χ1v) is 9.70. The zero-order chi connectivity index (χ0) is 20.6. The Labute approximate surface area is 174 Å². The van der Waals surface area contributed by atoms with Crippen LogP contribution in [0.4, 0.5) is 11.6 Å². The monoisotopic (exact) mass is 414 g/mol. The average Bonchev–Trinajstić information content (AvgIpc) is 3.15. The largest absolute Gasteiger partial charge is 0.483 e. The van der Waals surface area contributed by atoms with Crippen LogP contribution in [0.5, 0.6) is 5.75 Å². The standard InChI is InChI=1S/C20H23ClN6O2/c1-3-10-27-20(24-25-26-27)22-12-15-11-16(21)6-9-18(15)29-13-19(28)23-17-7-4-14(2)5-8-17/h4-9,11H,3,10,12-13H2,1-2H3,(H,23,28)(H,22,24,26). The molecule has 3 rings (SSSR count). The molecule has 0 saturated heterocycles. The summed E-state index contributed by atoms with van der Waals surface area (Å²) in [4.78, 5) is 12.2. The highest BCUT2D eigenvalue weighted by atomic mass is 35.5. The van der Waals surface area contributed by atoms with E-state index in [4.69, 9.17) is 16.3 Å². The van der Waals surface area contributed by atoms with Gasteiger partial charge in [-0.05, 0) is 54.1 Å². The van der Waals surface area contributed by atoms with Crippen LogP contribution in [0, 0.1) is 6.92 Å². The fourth-order valence-corrected chi connectivity index (χ4v) is 2.87. The number of rotatable bonds is 9. The molecule has 0 atom stereocenters. The van der Waals surface area contributed by atoms with Gasteiger partial charge in [0.1, 0.15) is 5.75 Å². The Hall–Kier alpha value is -3.13. The first-order valence-electron chi connectivity index (χ1n) is 9.33. The first-order chi connectivity index (χ1) is 14.0. The van der Waals surface area contributed by atoms with Gasteiger partial charge in [0.25, 0.3) is 5.91 Å². The van der Waals surface area contributed by atoms with Crippen molar-refractivity contribution in [1.82, 2.24) is 20.2 Å². The van der Waals surface area contributed by atoms with Gasteiger partial charge in [0.2, 0.25) is 5.95 Å². The maximum absolute atomic E-state index is 12.2. The fourth-order valence-electron chi connectivity index (χ4n) is 2.67. The molecule has 29 heavy (non-hydrogen) atoms. The number of hydrogen-bond donors (Lipinski definition) is 2. The quantitative estimate of drug-likeness (QED) is 0.554. The van der Waals surface area contributed by atoms with Gasteiger partial charge in [-0.3, -0.25) is 4.79 Å². The molecule has 3 aromatic rings. The van der Waals surface area contributed by atoms with E-state index in [-0.39, 0.29) is 12.5 Å². The summed E-state index contributed by atoms with van der Waals surface area (Å²) >= 11 is 6.13. The highest BCUT2D eigenvalue weighted by molar-refractivity contribution is 6.30. The number of anilines is 2. The second-order valence-electron chi connectivity index (χ2n) is 6.53. The molecule has 0 unspecified atom stereocenters. The Morgan fingerprint density at radius 2 is 2.00 bits per heavy atom. The fraction of sp³-hybridized carbons (Fsp3) is 0.300. The lowest BCUT2D eigenvalue weighted by atomic mass is 10.2. The number of tetrazole rings is 1. The number of hydrogen-bond acceptors (Lipinski definition) is 6. The van der Waals surface area contributed by atoms with Gasteiger partial charge in [0.15, 0.2) is 6.61 Å². The number of nitrogens with one attached hydrogen (secondary N) is 2. The summed E-state index contributed by atoms with van der Waals surface area (Å²) in [5.74, 6) is 0.889. The van der Waals surface area contributed by atoms with E-state index < -0.39 is 0 Å². The Balaban J connectivity index is 1.61. The van der Waals surface area contributed by atoms with Crippen LogP contribution in [-0.4, -0.2) is 32.7 Å². The molecule has 0 spiro atoms. The summed E-state index contributed by atoms with van der Waals surface area (Å²) in [5, 5.41) is 18.2. The van der Waals surface area contributed by atoms with Gasteiger partial charge in [0.05, 0.1) is 0 Å². The minimum absolute atomic E-state index is 0.115. The van der Waals surface area contributed by atoms with E-state index in [9.17, 15) is 4.79 Å². The van der Waals surface area contributed by atoms with Crippen LogP contribution < -0.4 is 15.4 Å². The van der Waals surface area contributed by atoms with E-state index in [1.165, 1.54) is 0 Å². The summed E-state index contributed by atoms with van der Waals surface area (Å²) < 4.78 is 7.42. The number of amides is 1. The Morgan fingerprint density at radius 3 is 2.76 bits per heavy atom. The minimum atomic E-state index is -0.241. The smallest absolute Gasteiger partial charge is 0.262 e. The molecule has 0 saturated carbocycles. The molecule has 0 fully saturated rings. The number of aryl methyl sites for hydroxylation is 2. The number of halogens is 1. The molecule has 9 heteroatoms. The van der Waals surface area contributed by atoms with Crippen molar-refractivity contribution < 1.29 is 9.53 Å². The van der Waals surface area contributed by atoms with Crippen LogP contribution in [0.25, 0.3) is 0 Å². The normalized spacial score (nSPS) is 10.6. The van der Waals surface area contributed by atoms with Crippen molar-refractivity contribution in [2.75, 3.05) is 17.2 Å². The molecular formula is C20H23ClN6O2. The van der Waals surface area contributed by atoms with Gasteiger partial charge in [-0.25, -0.2) is 4.68 Å². The molecule has 0 aliphatic carbocycles. The molecule has 0 aliphatic heterocycles. The molecule has 152 valence electrons. The van der Waals surface area contributed by atoms with E-state index in [1.807, 2.05) is 31.2 Å². The van der Waals surface area contributed by atoms with Gasteiger partial charge in [0, 0.05) is 29.4 Å². The zero-order valence-corrected chi connectivity index (χ0v) is 17.1. The molecule has 0 aliphatic rings. The third-order valence-corrected chi connectivity index (χ3v) is 4.36. The topological polar surface area (TPSA) is 94.0 Å². The minimum Gasteiger partial charge on any atom is -0.483 e. The van der Waals surface area contributed by atoms with Gasteiger partial charge >= 0.3 is 0 Å². The average molecular weight is 415 g/mol. The predicted octanol–water partition coefficient (Wildman–Crippen LogP) is 3.67. The molecule has 2 N–H and O–H groups in total. The molecule has 2 aromatic carbocycles. The maximum Gasteiger partial charge on any atom is 0.262 e. The van der Waals surface area contributed by atoms with E-state index in [0.717, 1.165) is 23.2 Å². The molecule has 0 bridgehead atoms. The highest BCUT2D eigenvalue weighted by Gasteiger charge is 2.11. The van der Waals surface area contributed by atoms with Crippen molar-refractivity contribution in [3.05, 3.63) is 58.6 Å². The van der Waals surface area contributed by atoms with Crippen LogP contribution in [0.15, 0.2) is 42.5 Å². The third-order valence-electron chi connectivity index (χ3n) is 4.12. The number of carbonyl (C=O) groups is 1. The van der Waals surface area contributed by atoms with Crippen molar-refractivity contribution in [1.29, 1.82) is 0 Å². The maximum atomic E-state index is 12.2. The third kappa shape index (κ3) is 5.92. The molecule has 1 heterocycles. The summed E-state index contributed by atoms with van der Waals surface area (Å²) in [6.45, 7) is 5.05. The van der Waals surface area contributed by atoms with Crippen LogP contribution in [0.1, 0.15) is 24.5 Å². The van der Waals surface area contributed by atoms with Crippen molar-refractivity contribution >= 4 is 29.1 Å². The van der Waals surface area contributed by atoms with Crippen LogP contribution in [-0.2, 0) is 17.9 Å². The van der Waals surface area contributed by atoms with Crippen molar-refractivity contribution in [2.24, 2.45) is 0 Å². The van der Waals surface area contributed by atoms with Crippen LogP contribution in [0.3, 0.4) is 0 Å².